The maximum atomic E-state index is 3.84. The minimum atomic E-state index is 0.887. The lowest BCUT2D eigenvalue weighted by molar-refractivity contribution is 0.187. The lowest BCUT2D eigenvalue weighted by Crippen LogP contribution is -2.35. The second-order valence-electron chi connectivity index (χ2n) is 5.54. The molecule has 0 bridgehead atoms. The van der Waals surface area contributed by atoms with E-state index in [1.54, 1.807) is 0 Å². The van der Waals surface area contributed by atoms with Gasteiger partial charge in [0.15, 0.2) is 0 Å². The van der Waals surface area contributed by atoms with Gasteiger partial charge in [-0.15, -0.1) is 6.58 Å². The Hall–Kier alpha value is -1.08. The maximum absolute atomic E-state index is 3.84. The molecule has 2 rings (SSSR count). The van der Waals surface area contributed by atoms with Gasteiger partial charge < -0.3 is 4.90 Å². The first kappa shape index (κ1) is 13.4. The second-order valence-corrected chi connectivity index (χ2v) is 5.54. The average molecular weight is 243 g/mol. The van der Waals surface area contributed by atoms with E-state index in [4.69, 9.17) is 0 Å². The third kappa shape index (κ3) is 3.99. The predicted octanol–water partition coefficient (Wildman–Crippen LogP) is 3.83. The predicted molar refractivity (Wildman–Crippen MR) is 78.9 cm³/mol. The molecule has 1 fully saturated rings. The Morgan fingerprint density at radius 2 is 1.89 bits per heavy atom. The molecular formula is C17H25N. The summed E-state index contributed by atoms with van der Waals surface area (Å²) < 4.78 is 0. The van der Waals surface area contributed by atoms with Gasteiger partial charge in [-0.1, -0.05) is 35.9 Å². The molecule has 1 aromatic carbocycles. The number of hydrogen-bond acceptors (Lipinski definition) is 1. The van der Waals surface area contributed by atoms with Crippen LogP contribution in [0.15, 0.2) is 36.9 Å². The highest BCUT2D eigenvalue weighted by Gasteiger charge is 2.17. The standard InChI is InChI=1S/C17H25N/c1-3-4-16-9-12-18(13-10-16)14-11-17-7-5-15(2)6-8-17/h3,5-8,16H,1,4,9-14H2,2H3. The van der Waals surface area contributed by atoms with Gasteiger partial charge in [-0.2, -0.15) is 0 Å². The van der Waals surface area contributed by atoms with Crippen molar-refractivity contribution in [3.63, 3.8) is 0 Å². The van der Waals surface area contributed by atoms with Crippen LogP contribution in [0.25, 0.3) is 0 Å². The van der Waals surface area contributed by atoms with Crippen molar-refractivity contribution in [3.05, 3.63) is 48.0 Å². The number of hydrogen-bond donors (Lipinski definition) is 0. The molecule has 98 valence electrons. The number of piperidine rings is 1. The smallest absolute Gasteiger partial charge is 0.00218 e. The molecule has 0 N–H and O–H groups in total. The molecule has 1 aliphatic rings. The van der Waals surface area contributed by atoms with Crippen molar-refractivity contribution in [2.24, 2.45) is 5.92 Å². The Morgan fingerprint density at radius 1 is 1.22 bits per heavy atom. The molecule has 1 saturated heterocycles. The molecule has 0 unspecified atom stereocenters. The van der Waals surface area contributed by atoms with Crippen LogP contribution in [0, 0.1) is 12.8 Å². The number of nitrogens with zero attached hydrogens (tertiary/aromatic N) is 1. The van der Waals surface area contributed by atoms with Crippen LogP contribution < -0.4 is 0 Å². The summed E-state index contributed by atoms with van der Waals surface area (Å²) in [6, 6.07) is 8.96. The van der Waals surface area contributed by atoms with Crippen molar-refractivity contribution in [1.82, 2.24) is 4.90 Å². The van der Waals surface area contributed by atoms with Crippen molar-refractivity contribution in [2.75, 3.05) is 19.6 Å². The zero-order valence-electron chi connectivity index (χ0n) is 11.6. The molecule has 18 heavy (non-hydrogen) atoms. The molecule has 0 radical (unpaired) electrons. The fourth-order valence-electron chi connectivity index (χ4n) is 2.72. The van der Waals surface area contributed by atoms with Gasteiger partial charge in [0.1, 0.15) is 0 Å². The molecule has 1 aliphatic heterocycles. The zero-order chi connectivity index (χ0) is 12.8. The zero-order valence-corrected chi connectivity index (χ0v) is 11.6. The first-order valence-electron chi connectivity index (χ1n) is 7.16. The summed E-state index contributed by atoms with van der Waals surface area (Å²) in [6.45, 7) is 9.74. The van der Waals surface area contributed by atoms with E-state index in [2.05, 4.69) is 48.7 Å². The van der Waals surface area contributed by atoms with Gasteiger partial charge in [0.05, 0.1) is 0 Å². The van der Waals surface area contributed by atoms with Crippen molar-refractivity contribution < 1.29 is 0 Å². The first-order valence-corrected chi connectivity index (χ1v) is 7.16. The molecule has 1 heterocycles. The minimum Gasteiger partial charge on any atom is -0.303 e. The largest absolute Gasteiger partial charge is 0.303 e. The molecular weight excluding hydrogens is 218 g/mol. The van der Waals surface area contributed by atoms with Crippen LogP contribution in [0.3, 0.4) is 0 Å². The Labute approximate surface area is 112 Å². The number of allylic oxidation sites excluding steroid dienone is 1. The molecule has 0 spiro atoms. The van der Waals surface area contributed by atoms with Gasteiger partial charge in [0.25, 0.3) is 0 Å². The third-order valence-corrected chi connectivity index (χ3v) is 4.04. The highest BCUT2D eigenvalue weighted by atomic mass is 15.1. The normalized spacial score (nSPS) is 17.8. The summed E-state index contributed by atoms with van der Waals surface area (Å²) in [5, 5.41) is 0. The molecule has 0 aliphatic carbocycles. The summed E-state index contributed by atoms with van der Waals surface area (Å²) in [6.07, 6.45) is 7.16. The van der Waals surface area contributed by atoms with Crippen LogP contribution in [0.4, 0.5) is 0 Å². The van der Waals surface area contributed by atoms with Crippen LogP contribution in [0.2, 0.25) is 0 Å². The molecule has 1 nitrogen and oxygen atoms in total. The second kappa shape index (κ2) is 6.75. The fraction of sp³-hybridized carbons (Fsp3) is 0.529. The van der Waals surface area contributed by atoms with Crippen LogP contribution in [0.5, 0.6) is 0 Å². The monoisotopic (exact) mass is 243 g/mol. The number of benzene rings is 1. The molecule has 0 saturated carbocycles. The number of rotatable bonds is 5. The summed E-state index contributed by atoms with van der Waals surface area (Å²) in [5.74, 6) is 0.887. The van der Waals surface area contributed by atoms with Crippen molar-refractivity contribution in [1.29, 1.82) is 0 Å². The van der Waals surface area contributed by atoms with Crippen LogP contribution in [0.1, 0.15) is 30.4 Å². The van der Waals surface area contributed by atoms with E-state index in [0.717, 1.165) is 5.92 Å². The van der Waals surface area contributed by atoms with E-state index >= 15 is 0 Å². The van der Waals surface area contributed by atoms with Crippen molar-refractivity contribution in [2.45, 2.75) is 32.6 Å². The fourth-order valence-corrected chi connectivity index (χ4v) is 2.72. The summed E-state index contributed by atoms with van der Waals surface area (Å²) >= 11 is 0. The van der Waals surface area contributed by atoms with Gasteiger partial charge in [0.2, 0.25) is 0 Å². The Balaban J connectivity index is 1.72. The average Bonchev–Trinajstić information content (AvgIpc) is 2.40. The Kier molecular flexibility index (Phi) is 5.00. The van der Waals surface area contributed by atoms with Crippen LogP contribution in [-0.2, 0) is 6.42 Å². The molecule has 1 aromatic rings. The van der Waals surface area contributed by atoms with Crippen molar-refractivity contribution in [3.8, 4) is 0 Å². The quantitative estimate of drug-likeness (QED) is 0.711. The molecule has 1 heteroatoms. The lowest BCUT2D eigenvalue weighted by Gasteiger charge is -2.31. The summed E-state index contributed by atoms with van der Waals surface area (Å²) in [4.78, 5) is 2.61. The lowest BCUT2D eigenvalue weighted by atomic mass is 9.93. The van der Waals surface area contributed by atoms with E-state index in [9.17, 15) is 0 Å². The molecule has 0 amide bonds. The van der Waals surface area contributed by atoms with Gasteiger partial charge >= 0.3 is 0 Å². The van der Waals surface area contributed by atoms with E-state index in [1.165, 1.54) is 56.4 Å². The maximum Gasteiger partial charge on any atom is 0.00218 e. The summed E-state index contributed by atoms with van der Waals surface area (Å²) in [5.41, 5.74) is 2.82. The summed E-state index contributed by atoms with van der Waals surface area (Å²) in [7, 11) is 0. The van der Waals surface area contributed by atoms with Gasteiger partial charge in [-0.3, -0.25) is 0 Å². The first-order chi connectivity index (χ1) is 8.78. The van der Waals surface area contributed by atoms with Gasteiger partial charge in [-0.05, 0) is 57.2 Å². The SMILES string of the molecule is C=CCC1CCN(CCc2ccc(C)cc2)CC1. The van der Waals surface area contributed by atoms with Gasteiger partial charge in [-0.25, -0.2) is 0 Å². The highest BCUT2D eigenvalue weighted by molar-refractivity contribution is 5.21. The Morgan fingerprint density at radius 3 is 2.50 bits per heavy atom. The topological polar surface area (TPSA) is 3.24 Å². The third-order valence-electron chi connectivity index (χ3n) is 4.04. The highest BCUT2D eigenvalue weighted by Crippen LogP contribution is 2.20. The number of likely N-dealkylation sites (tertiary alicyclic amines) is 1. The van der Waals surface area contributed by atoms with E-state index < -0.39 is 0 Å². The minimum absolute atomic E-state index is 0.887. The van der Waals surface area contributed by atoms with Crippen LogP contribution in [-0.4, -0.2) is 24.5 Å². The number of aryl methyl sites for hydroxylation is 1. The van der Waals surface area contributed by atoms with Gasteiger partial charge in [0, 0.05) is 6.54 Å². The van der Waals surface area contributed by atoms with E-state index in [0.29, 0.717) is 0 Å². The van der Waals surface area contributed by atoms with E-state index in [-0.39, 0.29) is 0 Å². The Bertz CT molecular complexity index is 358. The molecule has 0 aromatic heterocycles. The molecule has 0 atom stereocenters. The van der Waals surface area contributed by atoms with Crippen LogP contribution >= 0.6 is 0 Å². The van der Waals surface area contributed by atoms with Crippen molar-refractivity contribution >= 4 is 0 Å². The van der Waals surface area contributed by atoms with E-state index in [1.807, 2.05) is 0 Å².